The van der Waals surface area contributed by atoms with Gasteiger partial charge in [-0.15, -0.1) is 0 Å². The molecule has 24 heavy (non-hydrogen) atoms. The molecule has 1 aromatic heterocycles. The van der Waals surface area contributed by atoms with E-state index >= 15 is 0 Å². The summed E-state index contributed by atoms with van der Waals surface area (Å²) in [6.45, 7) is 4.67. The van der Waals surface area contributed by atoms with Crippen LogP contribution in [0.1, 0.15) is 18.9 Å². The van der Waals surface area contributed by atoms with Crippen LogP contribution in [0.3, 0.4) is 0 Å². The second-order valence-corrected chi connectivity index (χ2v) is 6.05. The molecule has 0 aromatic carbocycles. The largest absolute Gasteiger partial charge is 0.338 e. The van der Waals surface area contributed by atoms with Gasteiger partial charge in [-0.3, -0.25) is 15.0 Å². The number of piperazine rings is 1. The first-order chi connectivity index (χ1) is 11.6. The van der Waals surface area contributed by atoms with Crippen molar-refractivity contribution in [3.8, 4) is 0 Å². The van der Waals surface area contributed by atoms with Crippen molar-refractivity contribution in [1.82, 2.24) is 25.5 Å². The topological polar surface area (TPSA) is 73.4 Å². The van der Waals surface area contributed by atoms with Gasteiger partial charge in [0.25, 0.3) is 6.43 Å². The molecule has 9 heteroatoms. The van der Waals surface area contributed by atoms with Gasteiger partial charge in [-0.05, 0) is 12.0 Å². The molecule has 0 radical (unpaired) electrons. The molecule has 0 spiro atoms. The molecule has 2 saturated heterocycles. The van der Waals surface area contributed by atoms with Gasteiger partial charge >= 0.3 is 0 Å². The van der Waals surface area contributed by atoms with Gasteiger partial charge in [-0.25, -0.2) is 18.7 Å². The van der Waals surface area contributed by atoms with Crippen LogP contribution in [0.15, 0.2) is 12.4 Å². The predicted octanol–water partition coefficient (Wildman–Crippen LogP) is 0.188. The van der Waals surface area contributed by atoms with Gasteiger partial charge in [0.15, 0.2) is 0 Å². The molecule has 2 aliphatic heterocycles. The van der Waals surface area contributed by atoms with E-state index in [4.69, 9.17) is 0 Å². The van der Waals surface area contributed by atoms with Gasteiger partial charge in [-0.1, -0.05) is 6.92 Å². The molecule has 2 unspecified atom stereocenters. The van der Waals surface area contributed by atoms with E-state index < -0.39 is 18.8 Å². The summed E-state index contributed by atoms with van der Waals surface area (Å²) in [4.78, 5) is 24.4. The lowest BCUT2D eigenvalue weighted by Gasteiger charge is -2.42. The molecule has 1 aromatic rings. The number of alkyl halides is 2. The van der Waals surface area contributed by atoms with E-state index in [2.05, 4.69) is 32.4 Å². The molecule has 2 N–H and O–H groups in total. The average molecular weight is 340 g/mol. The van der Waals surface area contributed by atoms with Crippen LogP contribution in [0.5, 0.6) is 0 Å². The van der Waals surface area contributed by atoms with Crippen molar-refractivity contribution in [3.05, 3.63) is 18.0 Å². The quantitative estimate of drug-likeness (QED) is 0.815. The summed E-state index contributed by atoms with van der Waals surface area (Å²) >= 11 is 0. The van der Waals surface area contributed by atoms with Gasteiger partial charge < -0.3 is 10.2 Å². The Hall–Kier alpha value is -1.87. The summed E-state index contributed by atoms with van der Waals surface area (Å²) in [6.07, 6.45) is 1.26. The van der Waals surface area contributed by atoms with Gasteiger partial charge in [0, 0.05) is 45.0 Å². The van der Waals surface area contributed by atoms with Crippen LogP contribution < -0.4 is 15.5 Å². The fraction of sp³-hybridized carbons (Fsp3) is 0.667. The monoisotopic (exact) mass is 340 g/mol. The Balaban J connectivity index is 1.57. The third-order valence-corrected chi connectivity index (χ3v) is 4.44. The molecular weight excluding hydrogens is 318 g/mol. The molecule has 1 amide bonds. The van der Waals surface area contributed by atoms with Gasteiger partial charge in [0.2, 0.25) is 11.9 Å². The first-order valence-electron chi connectivity index (χ1n) is 8.20. The second kappa shape index (κ2) is 7.35. The molecule has 0 aliphatic carbocycles. The highest BCUT2D eigenvalue weighted by Gasteiger charge is 2.35. The van der Waals surface area contributed by atoms with Gasteiger partial charge in [0.05, 0.1) is 6.04 Å². The Morgan fingerprint density at radius 3 is 2.50 bits per heavy atom. The van der Waals surface area contributed by atoms with Crippen molar-refractivity contribution in [2.24, 2.45) is 0 Å². The lowest BCUT2D eigenvalue weighted by molar-refractivity contribution is -0.129. The number of carbonyl (C=O) groups excluding carboxylic acids is 1. The highest BCUT2D eigenvalue weighted by Crippen LogP contribution is 2.15. The van der Waals surface area contributed by atoms with Crippen LogP contribution in [0, 0.1) is 0 Å². The zero-order chi connectivity index (χ0) is 17.1. The maximum Gasteiger partial charge on any atom is 0.254 e. The summed E-state index contributed by atoms with van der Waals surface area (Å²) < 4.78 is 25.8. The zero-order valence-corrected chi connectivity index (χ0v) is 13.6. The van der Waals surface area contributed by atoms with E-state index in [1.807, 2.05) is 17.3 Å². The molecular formula is C15H22F2N6O. The van der Waals surface area contributed by atoms with Crippen molar-refractivity contribution in [2.45, 2.75) is 38.5 Å². The molecule has 3 rings (SSSR count). The SMILES string of the molecule is CCc1cnc(N2CCN(C3NC(=O)CC(C(F)F)N3)CC2)nc1. The van der Waals surface area contributed by atoms with Crippen molar-refractivity contribution in [3.63, 3.8) is 0 Å². The summed E-state index contributed by atoms with van der Waals surface area (Å²) in [5, 5.41) is 5.55. The van der Waals surface area contributed by atoms with E-state index in [1.165, 1.54) is 0 Å². The molecule has 2 atom stereocenters. The van der Waals surface area contributed by atoms with Crippen molar-refractivity contribution in [1.29, 1.82) is 0 Å². The van der Waals surface area contributed by atoms with Crippen LogP contribution in [0.4, 0.5) is 14.7 Å². The van der Waals surface area contributed by atoms with E-state index in [-0.39, 0.29) is 12.3 Å². The van der Waals surface area contributed by atoms with Crippen LogP contribution in [-0.2, 0) is 11.2 Å². The number of carbonyl (C=O) groups is 1. The number of aryl methyl sites for hydroxylation is 1. The van der Waals surface area contributed by atoms with Crippen LogP contribution in [-0.4, -0.2) is 65.7 Å². The van der Waals surface area contributed by atoms with Crippen LogP contribution in [0.2, 0.25) is 0 Å². The maximum absolute atomic E-state index is 12.9. The summed E-state index contributed by atoms with van der Waals surface area (Å²) in [5.74, 6) is 0.336. The highest BCUT2D eigenvalue weighted by atomic mass is 19.3. The smallest absolute Gasteiger partial charge is 0.254 e. The lowest BCUT2D eigenvalue weighted by Crippen LogP contribution is -2.67. The third kappa shape index (κ3) is 3.78. The third-order valence-electron chi connectivity index (χ3n) is 4.44. The van der Waals surface area contributed by atoms with E-state index in [0.717, 1.165) is 12.0 Å². The Morgan fingerprint density at radius 2 is 1.92 bits per heavy atom. The number of nitrogens with one attached hydrogen (secondary N) is 2. The summed E-state index contributed by atoms with van der Waals surface area (Å²) in [5.41, 5.74) is 1.09. The first kappa shape index (κ1) is 17.0. The molecule has 0 saturated carbocycles. The van der Waals surface area contributed by atoms with E-state index in [1.54, 1.807) is 0 Å². The Morgan fingerprint density at radius 1 is 1.25 bits per heavy atom. The normalized spacial score (nSPS) is 25.8. The van der Waals surface area contributed by atoms with Crippen molar-refractivity contribution < 1.29 is 13.6 Å². The number of amides is 1. The number of aromatic nitrogens is 2. The van der Waals surface area contributed by atoms with Crippen LogP contribution >= 0.6 is 0 Å². The van der Waals surface area contributed by atoms with Crippen LogP contribution in [0.25, 0.3) is 0 Å². The summed E-state index contributed by atoms with van der Waals surface area (Å²) in [6, 6.07) is -1.09. The Labute approximate surface area is 139 Å². The number of nitrogens with zero attached hydrogens (tertiary/aromatic N) is 4. The number of halogens is 2. The molecule has 2 fully saturated rings. The maximum atomic E-state index is 12.9. The molecule has 3 heterocycles. The lowest BCUT2D eigenvalue weighted by atomic mass is 10.1. The summed E-state index contributed by atoms with van der Waals surface area (Å²) in [7, 11) is 0. The fourth-order valence-electron chi connectivity index (χ4n) is 2.95. The minimum absolute atomic E-state index is 0.189. The second-order valence-electron chi connectivity index (χ2n) is 6.05. The van der Waals surface area contributed by atoms with E-state index in [0.29, 0.717) is 32.1 Å². The van der Waals surface area contributed by atoms with Crippen molar-refractivity contribution >= 4 is 11.9 Å². The number of rotatable bonds is 4. The standard InChI is InChI=1S/C15H22F2N6O/c1-2-10-8-18-14(19-9-10)22-3-5-23(6-4-22)15-20-11(13(16)17)7-12(24)21-15/h8-9,11,13,15,20H,2-7H2,1H3,(H,21,24). The van der Waals surface area contributed by atoms with Gasteiger partial charge in [0.1, 0.15) is 6.29 Å². The minimum Gasteiger partial charge on any atom is -0.338 e. The molecule has 132 valence electrons. The van der Waals surface area contributed by atoms with Crippen molar-refractivity contribution in [2.75, 3.05) is 31.1 Å². The minimum atomic E-state index is -2.55. The number of hydrogen-bond acceptors (Lipinski definition) is 6. The predicted molar refractivity (Wildman–Crippen MR) is 84.7 cm³/mol. The molecule has 2 aliphatic rings. The Kier molecular flexibility index (Phi) is 5.20. The zero-order valence-electron chi connectivity index (χ0n) is 13.6. The van der Waals surface area contributed by atoms with E-state index in [9.17, 15) is 13.6 Å². The molecule has 0 bridgehead atoms. The fourth-order valence-corrected chi connectivity index (χ4v) is 2.95. The Bertz CT molecular complexity index is 562. The number of anilines is 1. The van der Waals surface area contributed by atoms with Gasteiger partial charge in [-0.2, -0.15) is 0 Å². The highest BCUT2D eigenvalue weighted by molar-refractivity contribution is 5.77. The first-order valence-corrected chi connectivity index (χ1v) is 8.20. The number of hydrogen-bond donors (Lipinski definition) is 2. The molecule has 7 nitrogen and oxygen atoms in total. The average Bonchev–Trinajstić information content (AvgIpc) is 2.61.